The summed E-state index contributed by atoms with van der Waals surface area (Å²) in [6.45, 7) is 6.85. The van der Waals surface area contributed by atoms with Gasteiger partial charge in [0.05, 0.1) is 19.0 Å². The molecule has 2 heterocycles. The van der Waals surface area contributed by atoms with Gasteiger partial charge in [-0.15, -0.1) is 0 Å². The molecule has 0 aliphatic heterocycles. The van der Waals surface area contributed by atoms with Crippen molar-refractivity contribution in [2.45, 2.75) is 45.8 Å². The first kappa shape index (κ1) is 91.4. The van der Waals surface area contributed by atoms with Gasteiger partial charge < -0.3 is 30.4 Å². The second kappa shape index (κ2) is 48.3. The fraction of sp³-hybridized carbons (Fsp3) is 0.0721. The minimum Gasteiger partial charge on any atom is -0.423 e. The molecule has 5 N–H and O–H groups in total. The molecule has 0 spiro atoms. The van der Waals surface area contributed by atoms with Crippen LogP contribution in [0.2, 0.25) is 0 Å². The van der Waals surface area contributed by atoms with Crippen molar-refractivity contribution >= 4 is 152 Å². The predicted octanol–water partition coefficient (Wildman–Crippen LogP) is 20.3. The zero-order chi connectivity index (χ0) is 86.0. The standard InChI is InChI=1S/C29H32N6O.4C18H15P.C10H9BO2.Pd/c1-4-25(17-36)32-29-33-27(26-28(34-29)35(18-31-26)19(2)3)30-16-20-9-11-22(12-10-20)24-14-13-21-7-5-6-8-23(21)15-24;4*1-4-10-16(11-5-1)19(17-12-6-2-7-13-17)18-14-8-3-9-15-18;12-11(13)10-6-5-8-3-1-2-4-9(8)7-10;/h5-15,18-19,25,36H,4,16-17H2,1-3H3,(H2,30,32,33,34);4*1-15H;1-7,12-13H;/t25-;;;;;;/m1....../s1. The molecule has 9 nitrogen and oxygen atoms in total. The summed E-state index contributed by atoms with van der Waals surface area (Å²) in [7, 11) is -3.17. The van der Waals surface area contributed by atoms with Crippen LogP contribution in [0.25, 0.3) is 43.8 Å². The quantitative estimate of drug-likeness (QED) is 0.0335. The third kappa shape index (κ3) is 25.5. The maximum atomic E-state index is 9.63. The topological polar surface area (TPSA) is 128 Å². The van der Waals surface area contributed by atoms with E-state index in [0.717, 1.165) is 33.9 Å². The Balaban J connectivity index is 0.000000133. The molecule has 2 aromatic heterocycles. The number of hydrogen-bond acceptors (Lipinski definition) is 8. The monoisotopic (exact) mass is 1810 g/mol. The Morgan fingerprint density at radius 3 is 0.889 bits per heavy atom. The summed E-state index contributed by atoms with van der Waals surface area (Å²) < 4.78 is 2.03. The van der Waals surface area contributed by atoms with Gasteiger partial charge in [-0.05, 0) is 165 Å². The van der Waals surface area contributed by atoms with Crippen LogP contribution in [-0.4, -0.2) is 54.4 Å². The molecular weight excluding hydrogens is 1710 g/mol. The van der Waals surface area contributed by atoms with Gasteiger partial charge >= 0.3 is 7.12 Å². The van der Waals surface area contributed by atoms with E-state index in [4.69, 9.17) is 20.0 Å². The first-order valence-electron chi connectivity index (χ1n) is 42.2. The van der Waals surface area contributed by atoms with Crippen LogP contribution in [0.4, 0.5) is 11.8 Å². The number of nitrogens with one attached hydrogen (secondary N) is 2. The van der Waals surface area contributed by atoms with E-state index in [2.05, 4.69) is 460 Å². The van der Waals surface area contributed by atoms with Crippen molar-refractivity contribution < 1.29 is 35.6 Å². The Morgan fingerprint density at radius 1 is 0.325 bits per heavy atom. The summed E-state index contributed by atoms with van der Waals surface area (Å²) in [6.07, 6.45) is 2.58. The van der Waals surface area contributed by atoms with Gasteiger partial charge in [0.1, 0.15) is 0 Å². The van der Waals surface area contributed by atoms with E-state index in [-0.39, 0.29) is 39.1 Å². The van der Waals surface area contributed by atoms with Gasteiger partial charge in [-0.3, -0.25) is 0 Å². The number of anilines is 2. The average Bonchev–Trinajstić information content (AvgIpc) is 1.63. The third-order valence-corrected chi connectivity index (χ3v) is 30.5. The van der Waals surface area contributed by atoms with Gasteiger partial charge in [0.25, 0.3) is 0 Å². The van der Waals surface area contributed by atoms with Crippen LogP contribution in [0.5, 0.6) is 0 Å². The number of rotatable bonds is 22. The van der Waals surface area contributed by atoms with Crippen molar-refractivity contribution in [3.63, 3.8) is 0 Å². The molecule has 19 rings (SSSR count). The van der Waals surface area contributed by atoms with E-state index in [0.29, 0.717) is 23.8 Å². The van der Waals surface area contributed by atoms with E-state index < -0.39 is 38.8 Å². The molecule has 19 aromatic rings. The molecule has 1 atom stereocenters. The number of aliphatic hydroxyl groups excluding tert-OH is 1. The summed E-state index contributed by atoms with van der Waals surface area (Å²) in [4.78, 5) is 14.0. The van der Waals surface area contributed by atoms with E-state index in [9.17, 15) is 5.11 Å². The molecule has 0 saturated carbocycles. The molecule has 126 heavy (non-hydrogen) atoms. The van der Waals surface area contributed by atoms with E-state index in [1.165, 1.54) is 85.6 Å². The average molecular weight is 1810 g/mol. The number of fused-ring (bicyclic) bond motifs is 3. The van der Waals surface area contributed by atoms with Crippen LogP contribution in [0.15, 0.2) is 480 Å². The minimum absolute atomic E-state index is 0. The molecule has 0 unspecified atom stereocenters. The first-order valence-corrected chi connectivity index (χ1v) is 47.6. The SMILES string of the molecule is CC[C@H](CO)Nc1nc(NCc2ccc(-c3ccc4ccccc4c3)cc2)c2ncn(C(C)C)c2n1.OB(O)c1ccc2ccccc2c1.[Pd].c1ccc(P(c2ccccc2)c2ccccc2)cc1.c1ccc(P(c2ccccc2)c2ccccc2)cc1.c1ccc(P(c2ccccc2)c2ccccc2)cc1.c1ccc(P(c2ccccc2)c2ccccc2)cc1. The second-order valence-corrected chi connectivity index (χ2v) is 38.6. The summed E-state index contributed by atoms with van der Waals surface area (Å²) in [5.74, 6) is 1.16. The van der Waals surface area contributed by atoms with Crippen LogP contribution in [0.3, 0.4) is 0 Å². The summed E-state index contributed by atoms with van der Waals surface area (Å²) in [5, 5.41) is 55.6. The smallest absolute Gasteiger partial charge is 0.423 e. The van der Waals surface area contributed by atoms with E-state index >= 15 is 0 Å². The molecule has 0 radical (unpaired) electrons. The molecule has 0 aliphatic carbocycles. The van der Waals surface area contributed by atoms with Crippen LogP contribution < -0.4 is 79.8 Å². The largest absolute Gasteiger partial charge is 0.488 e. The molecular formula is C111H101BN6O3P4Pd. The Bertz CT molecular complexity index is 5520. The zero-order valence-corrected chi connectivity index (χ0v) is 75.8. The van der Waals surface area contributed by atoms with E-state index in [1.54, 1.807) is 18.5 Å². The molecule has 626 valence electrons. The van der Waals surface area contributed by atoms with Crippen molar-refractivity contribution in [3.8, 4) is 11.1 Å². The number of aliphatic hydroxyl groups is 1. The fourth-order valence-corrected chi connectivity index (χ4v) is 23.6. The molecule has 0 amide bonds. The van der Waals surface area contributed by atoms with Crippen LogP contribution >= 0.6 is 31.7 Å². The number of imidazole rings is 1. The molecule has 0 saturated heterocycles. The Labute approximate surface area is 761 Å². The van der Waals surface area contributed by atoms with Gasteiger partial charge in [0, 0.05) is 33.0 Å². The molecule has 15 heteroatoms. The van der Waals surface area contributed by atoms with Crippen LogP contribution in [0, 0.1) is 0 Å². The van der Waals surface area contributed by atoms with Crippen molar-refractivity contribution in [1.82, 2.24) is 19.5 Å². The molecule has 0 bridgehead atoms. The molecule has 0 fully saturated rings. The van der Waals surface area contributed by atoms with Gasteiger partial charge in [-0.1, -0.05) is 474 Å². The molecule has 17 aromatic carbocycles. The normalized spacial score (nSPS) is 11.0. The van der Waals surface area contributed by atoms with Crippen LogP contribution in [0.1, 0.15) is 38.8 Å². The summed E-state index contributed by atoms with van der Waals surface area (Å²) in [6, 6.07) is 166. The van der Waals surface area contributed by atoms with Gasteiger partial charge in [0.15, 0.2) is 17.0 Å². The first-order chi connectivity index (χ1) is 61.6. The Kier molecular flexibility index (Phi) is 35.0. The van der Waals surface area contributed by atoms with Crippen molar-refractivity contribution in [2.24, 2.45) is 0 Å². The number of nitrogens with zero attached hydrogens (tertiary/aromatic N) is 4. The second-order valence-electron chi connectivity index (χ2n) is 29.7. The summed E-state index contributed by atoms with van der Waals surface area (Å²) >= 11 is 0. The van der Waals surface area contributed by atoms with E-state index in [1.807, 2.05) is 41.8 Å². The number of aromatic nitrogens is 4. The maximum absolute atomic E-state index is 9.63. The van der Waals surface area contributed by atoms with Gasteiger partial charge in [-0.2, -0.15) is 9.97 Å². The Hall–Kier alpha value is -12.3. The number of hydrogen-bond donors (Lipinski definition) is 5. The maximum Gasteiger partial charge on any atom is 0.488 e. The Morgan fingerprint density at radius 2 is 0.603 bits per heavy atom. The van der Waals surface area contributed by atoms with Gasteiger partial charge in [-0.25, -0.2) is 4.98 Å². The van der Waals surface area contributed by atoms with Crippen molar-refractivity contribution in [3.05, 3.63) is 485 Å². The van der Waals surface area contributed by atoms with Crippen molar-refractivity contribution in [2.75, 3.05) is 17.2 Å². The third-order valence-electron chi connectivity index (χ3n) is 20.8. The minimum atomic E-state index is -1.38. The van der Waals surface area contributed by atoms with Crippen LogP contribution in [-0.2, 0) is 27.0 Å². The fourth-order valence-electron chi connectivity index (χ4n) is 14.4. The van der Waals surface area contributed by atoms with Crippen molar-refractivity contribution in [1.29, 1.82) is 0 Å². The predicted molar refractivity (Wildman–Crippen MR) is 542 cm³/mol. The molecule has 0 aliphatic rings. The number of benzene rings is 17. The zero-order valence-electron chi connectivity index (χ0n) is 70.7. The summed E-state index contributed by atoms with van der Waals surface area (Å²) in [5.41, 5.74) is 5.56. The van der Waals surface area contributed by atoms with Gasteiger partial charge in [0.2, 0.25) is 5.95 Å².